The normalized spacial score (nSPS) is 11.1. The molecule has 0 bridgehead atoms. The van der Waals surface area contributed by atoms with Crippen LogP contribution in [0, 0.1) is 0 Å². The molecule has 0 atom stereocenters. The van der Waals surface area contributed by atoms with Gasteiger partial charge in [-0.3, -0.25) is 4.79 Å². The van der Waals surface area contributed by atoms with Crippen molar-refractivity contribution in [2.75, 3.05) is 12.9 Å². The molecule has 0 aliphatic rings. The van der Waals surface area contributed by atoms with Gasteiger partial charge in [-0.25, -0.2) is 8.42 Å². The lowest BCUT2D eigenvalue weighted by Gasteiger charge is -2.06. The number of hydrogen-bond donors (Lipinski definition) is 0. The van der Waals surface area contributed by atoms with Crippen LogP contribution in [0.2, 0.25) is 0 Å². The van der Waals surface area contributed by atoms with Gasteiger partial charge >= 0.3 is 0 Å². The van der Waals surface area contributed by atoms with Crippen LogP contribution in [0.25, 0.3) is 0 Å². The quantitative estimate of drug-likeness (QED) is 0.793. The molecule has 0 saturated carbocycles. The van der Waals surface area contributed by atoms with Crippen molar-refractivity contribution >= 4 is 15.6 Å². The smallest absolute Gasteiger partial charge is 0.200 e. The van der Waals surface area contributed by atoms with Crippen molar-refractivity contribution in [3.05, 3.63) is 60.2 Å². The van der Waals surface area contributed by atoms with Gasteiger partial charge in [-0.05, 0) is 24.3 Å². The third-order valence-electron chi connectivity index (χ3n) is 2.72. The Bertz CT molecular complexity index is 688. The van der Waals surface area contributed by atoms with Crippen LogP contribution in [0.5, 0.6) is 5.75 Å². The summed E-state index contributed by atoms with van der Waals surface area (Å²) in [5.41, 5.74) is 0.584. The molecular weight excluding hydrogens is 276 g/mol. The first-order valence-electron chi connectivity index (χ1n) is 5.98. The summed E-state index contributed by atoms with van der Waals surface area (Å²) in [7, 11) is -3.22. The Labute approximate surface area is 117 Å². The minimum Gasteiger partial charge on any atom is -0.485 e. The zero-order chi connectivity index (χ0) is 14.6. The fourth-order valence-corrected chi connectivity index (χ4v) is 2.27. The molecule has 5 heteroatoms. The van der Waals surface area contributed by atoms with Crippen LogP contribution in [0.3, 0.4) is 0 Å². The van der Waals surface area contributed by atoms with Crippen molar-refractivity contribution in [3.8, 4) is 5.75 Å². The molecule has 0 radical (unpaired) electrons. The Hall–Kier alpha value is -2.14. The predicted octanol–water partition coefficient (Wildman–Crippen LogP) is 2.35. The van der Waals surface area contributed by atoms with E-state index in [1.165, 1.54) is 24.3 Å². The first-order valence-corrected chi connectivity index (χ1v) is 7.87. The highest BCUT2D eigenvalue weighted by Crippen LogP contribution is 2.16. The van der Waals surface area contributed by atoms with Crippen LogP contribution in [0.1, 0.15) is 10.4 Å². The van der Waals surface area contributed by atoms with Gasteiger partial charge in [-0.1, -0.05) is 30.3 Å². The standard InChI is InChI=1S/C15H14O4S/c1-20(17,18)14-9-7-13(8-10-14)19-11-15(16)12-5-3-2-4-6-12/h2-10H,11H2,1H3. The monoisotopic (exact) mass is 290 g/mol. The third kappa shape index (κ3) is 3.68. The number of ether oxygens (including phenoxy) is 1. The average molecular weight is 290 g/mol. The van der Waals surface area contributed by atoms with Gasteiger partial charge in [0.2, 0.25) is 0 Å². The molecule has 0 saturated heterocycles. The zero-order valence-electron chi connectivity index (χ0n) is 10.9. The highest BCUT2D eigenvalue weighted by Gasteiger charge is 2.08. The van der Waals surface area contributed by atoms with Crippen molar-refractivity contribution in [2.45, 2.75) is 4.90 Å². The predicted molar refractivity (Wildman–Crippen MR) is 75.8 cm³/mol. The number of ketones is 1. The molecule has 0 spiro atoms. The minimum absolute atomic E-state index is 0.0811. The molecule has 2 aromatic rings. The number of hydrogen-bond acceptors (Lipinski definition) is 4. The van der Waals surface area contributed by atoms with E-state index < -0.39 is 9.84 Å². The van der Waals surface area contributed by atoms with Crippen molar-refractivity contribution in [3.63, 3.8) is 0 Å². The fourth-order valence-electron chi connectivity index (χ4n) is 1.64. The van der Waals surface area contributed by atoms with Gasteiger partial charge in [0.05, 0.1) is 4.90 Å². The summed E-state index contributed by atoms with van der Waals surface area (Å²) in [4.78, 5) is 12.0. The number of sulfone groups is 1. The number of benzene rings is 2. The van der Waals surface area contributed by atoms with E-state index in [4.69, 9.17) is 4.74 Å². The Morgan fingerprint density at radius 1 is 1.00 bits per heavy atom. The molecule has 20 heavy (non-hydrogen) atoms. The first kappa shape index (κ1) is 14.3. The molecule has 0 aliphatic carbocycles. The second-order valence-electron chi connectivity index (χ2n) is 4.32. The van der Waals surface area contributed by atoms with Gasteiger partial charge in [0.15, 0.2) is 22.2 Å². The lowest BCUT2D eigenvalue weighted by Crippen LogP contribution is -2.11. The Balaban J connectivity index is 2.00. The van der Waals surface area contributed by atoms with E-state index in [1.54, 1.807) is 24.3 Å². The molecule has 0 amide bonds. The van der Waals surface area contributed by atoms with E-state index in [2.05, 4.69) is 0 Å². The number of carbonyl (C=O) groups is 1. The summed E-state index contributed by atoms with van der Waals surface area (Å²) in [6.07, 6.45) is 1.14. The van der Waals surface area contributed by atoms with Gasteiger partial charge in [0, 0.05) is 11.8 Å². The molecule has 0 N–H and O–H groups in total. The SMILES string of the molecule is CS(=O)(=O)c1ccc(OCC(=O)c2ccccc2)cc1. The Morgan fingerprint density at radius 3 is 2.15 bits per heavy atom. The van der Waals surface area contributed by atoms with E-state index in [0.29, 0.717) is 11.3 Å². The Morgan fingerprint density at radius 2 is 1.60 bits per heavy atom. The number of carbonyl (C=O) groups excluding carboxylic acids is 1. The van der Waals surface area contributed by atoms with Crippen LogP contribution < -0.4 is 4.74 Å². The molecule has 2 rings (SSSR count). The highest BCUT2D eigenvalue weighted by atomic mass is 32.2. The van der Waals surface area contributed by atoms with E-state index >= 15 is 0 Å². The van der Waals surface area contributed by atoms with Crippen molar-refractivity contribution in [2.24, 2.45) is 0 Å². The summed E-state index contributed by atoms with van der Waals surface area (Å²) in [5.74, 6) is 0.333. The fraction of sp³-hybridized carbons (Fsp3) is 0.133. The van der Waals surface area contributed by atoms with Gasteiger partial charge in [0.1, 0.15) is 5.75 Å². The average Bonchev–Trinajstić information content (AvgIpc) is 2.45. The molecule has 0 aromatic heterocycles. The van der Waals surface area contributed by atoms with Gasteiger partial charge in [0.25, 0.3) is 0 Å². The van der Waals surface area contributed by atoms with Gasteiger partial charge in [-0.15, -0.1) is 0 Å². The molecule has 0 fully saturated rings. The van der Waals surface area contributed by atoms with Crippen LogP contribution in [-0.4, -0.2) is 27.1 Å². The van der Waals surface area contributed by atoms with E-state index in [0.717, 1.165) is 6.26 Å². The summed E-state index contributed by atoms with van der Waals surface area (Å²) >= 11 is 0. The topological polar surface area (TPSA) is 60.4 Å². The van der Waals surface area contributed by atoms with Crippen LogP contribution in [0.15, 0.2) is 59.5 Å². The summed E-state index contributed by atoms with van der Waals surface area (Å²) in [6, 6.07) is 14.8. The molecule has 104 valence electrons. The second kappa shape index (κ2) is 5.88. The number of Topliss-reactive ketones (excluding diaryl/α,β-unsaturated/α-hetero) is 1. The van der Waals surface area contributed by atoms with Crippen LogP contribution in [-0.2, 0) is 9.84 Å². The maximum Gasteiger partial charge on any atom is 0.200 e. The van der Waals surface area contributed by atoms with Crippen molar-refractivity contribution in [1.82, 2.24) is 0 Å². The molecule has 0 heterocycles. The van der Waals surface area contributed by atoms with E-state index in [9.17, 15) is 13.2 Å². The van der Waals surface area contributed by atoms with Gasteiger partial charge < -0.3 is 4.74 Å². The summed E-state index contributed by atoms with van der Waals surface area (Å²) in [5, 5.41) is 0. The summed E-state index contributed by atoms with van der Waals surface area (Å²) in [6.45, 7) is -0.0811. The lowest BCUT2D eigenvalue weighted by atomic mass is 10.1. The Kier molecular flexibility index (Phi) is 4.20. The van der Waals surface area contributed by atoms with Gasteiger partial charge in [-0.2, -0.15) is 0 Å². The number of rotatable bonds is 5. The molecule has 4 nitrogen and oxygen atoms in total. The first-order chi connectivity index (χ1) is 9.47. The highest BCUT2D eigenvalue weighted by molar-refractivity contribution is 7.90. The van der Waals surface area contributed by atoms with Crippen LogP contribution in [0.4, 0.5) is 0 Å². The minimum atomic E-state index is -3.22. The van der Waals surface area contributed by atoms with Crippen molar-refractivity contribution in [1.29, 1.82) is 0 Å². The van der Waals surface area contributed by atoms with Crippen molar-refractivity contribution < 1.29 is 17.9 Å². The molecule has 2 aromatic carbocycles. The third-order valence-corrected chi connectivity index (χ3v) is 3.85. The molecule has 0 aliphatic heterocycles. The maximum atomic E-state index is 11.8. The summed E-state index contributed by atoms with van der Waals surface area (Å²) < 4.78 is 27.9. The van der Waals surface area contributed by atoms with E-state index in [1.807, 2.05) is 6.07 Å². The molecular formula is C15H14O4S. The zero-order valence-corrected chi connectivity index (χ0v) is 11.8. The maximum absolute atomic E-state index is 11.8. The van der Waals surface area contributed by atoms with Crippen LogP contribution >= 0.6 is 0 Å². The second-order valence-corrected chi connectivity index (χ2v) is 6.34. The van der Waals surface area contributed by atoms with E-state index in [-0.39, 0.29) is 17.3 Å². The molecule has 0 unspecified atom stereocenters. The lowest BCUT2D eigenvalue weighted by molar-refractivity contribution is 0.0921. The largest absolute Gasteiger partial charge is 0.485 e.